The topological polar surface area (TPSA) is 12.9 Å². The summed E-state index contributed by atoms with van der Waals surface area (Å²) in [5.74, 6) is 1.58. The first-order valence-corrected chi connectivity index (χ1v) is 10.9. The molecule has 2 aliphatic rings. The summed E-state index contributed by atoms with van der Waals surface area (Å²) in [5.41, 5.74) is 8.81. The van der Waals surface area contributed by atoms with E-state index >= 15 is 0 Å². The van der Waals surface area contributed by atoms with Gasteiger partial charge in [0.15, 0.2) is 0 Å². The highest BCUT2D eigenvalue weighted by atomic mass is 32.1. The Labute approximate surface area is 160 Å². The van der Waals surface area contributed by atoms with Crippen LogP contribution in [0.25, 0.3) is 21.3 Å². The molecule has 2 aliphatic carbocycles. The van der Waals surface area contributed by atoms with Crippen LogP contribution >= 0.6 is 11.3 Å². The maximum absolute atomic E-state index is 5.21. The quantitative estimate of drug-likeness (QED) is 0.481. The Kier molecular flexibility index (Phi) is 3.93. The first-order valence-electron chi connectivity index (χ1n) is 10.1. The molecule has 134 valence electrons. The Morgan fingerprint density at radius 2 is 1.81 bits per heavy atom. The van der Waals surface area contributed by atoms with Crippen LogP contribution in [0.15, 0.2) is 24.3 Å². The molecule has 2 heteroatoms. The molecule has 0 spiro atoms. The summed E-state index contributed by atoms with van der Waals surface area (Å²) in [5, 5.41) is 1.50. The van der Waals surface area contributed by atoms with Crippen LogP contribution in [0, 0.1) is 18.8 Å². The van der Waals surface area contributed by atoms with Crippen molar-refractivity contribution in [2.75, 3.05) is 0 Å². The number of thiophene rings is 1. The van der Waals surface area contributed by atoms with Crippen LogP contribution in [0.4, 0.5) is 0 Å². The van der Waals surface area contributed by atoms with E-state index in [-0.39, 0.29) is 0 Å². The molecule has 5 rings (SSSR count). The van der Waals surface area contributed by atoms with Crippen molar-refractivity contribution in [2.45, 2.75) is 59.3 Å². The first-order chi connectivity index (χ1) is 12.6. The highest BCUT2D eigenvalue weighted by Crippen LogP contribution is 2.45. The van der Waals surface area contributed by atoms with Crippen LogP contribution in [-0.2, 0) is 25.7 Å². The van der Waals surface area contributed by atoms with Gasteiger partial charge in [-0.2, -0.15) is 0 Å². The third-order valence-electron chi connectivity index (χ3n) is 6.36. The highest BCUT2D eigenvalue weighted by molar-refractivity contribution is 7.19. The average molecular weight is 362 g/mol. The van der Waals surface area contributed by atoms with E-state index in [2.05, 4.69) is 45.0 Å². The van der Waals surface area contributed by atoms with Gasteiger partial charge in [-0.3, -0.25) is 0 Å². The number of aromatic nitrogens is 1. The summed E-state index contributed by atoms with van der Waals surface area (Å²) in [7, 11) is 0. The van der Waals surface area contributed by atoms with E-state index < -0.39 is 0 Å². The largest absolute Gasteiger partial charge is 0.242 e. The molecule has 2 aromatic heterocycles. The molecule has 3 aromatic rings. The molecule has 0 saturated carbocycles. The minimum absolute atomic E-state index is 0.764. The second-order valence-electron chi connectivity index (χ2n) is 8.66. The van der Waals surface area contributed by atoms with Crippen molar-refractivity contribution < 1.29 is 0 Å². The molecular formula is C24H27NS. The van der Waals surface area contributed by atoms with E-state index in [1.54, 1.807) is 16.0 Å². The monoisotopic (exact) mass is 361 g/mol. The second-order valence-corrected chi connectivity index (χ2v) is 9.75. The third kappa shape index (κ3) is 2.62. The Balaban J connectivity index is 1.85. The first kappa shape index (κ1) is 16.5. The molecule has 1 aromatic carbocycles. The SMILES string of the molecule is Cc1cccc(-c2c3c(nc4sc5c(c24)CCC(C)C5)CCC(C)C3)c1. The van der Waals surface area contributed by atoms with Gasteiger partial charge in [-0.15, -0.1) is 11.3 Å². The summed E-state index contributed by atoms with van der Waals surface area (Å²) in [6.45, 7) is 7.01. The fourth-order valence-corrected chi connectivity index (χ4v) is 6.35. The van der Waals surface area contributed by atoms with Crippen molar-refractivity contribution in [3.05, 3.63) is 51.5 Å². The number of aryl methyl sites for hydroxylation is 3. The number of rotatable bonds is 1. The van der Waals surface area contributed by atoms with Gasteiger partial charge in [0.2, 0.25) is 0 Å². The van der Waals surface area contributed by atoms with Gasteiger partial charge >= 0.3 is 0 Å². The van der Waals surface area contributed by atoms with Gasteiger partial charge in [0.05, 0.1) is 0 Å². The van der Waals surface area contributed by atoms with Crippen molar-refractivity contribution in [3.8, 4) is 11.1 Å². The molecule has 26 heavy (non-hydrogen) atoms. The fraction of sp³-hybridized carbons (Fsp3) is 0.458. The zero-order valence-electron chi connectivity index (χ0n) is 16.1. The van der Waals surface area contributed by atoms with Gasteiger partial charge < -0.3 is 0 Å². The predicted molar refractivity (Wildman–Crippen MR) is 112 cm³/mol. The fourth-order valence-electron chi connectivity index (χ4n) is 4.94. The average Bonchev–Trinajstić information content (AvgIpc) is 2.96. The maximum atomic E-state index is 5.21. The van der Waals surface area contributed by atoms with Crippen LogP contribution < -0.4 is 0 Å². The van der Waals surface area contributed by atoms with E-state index in [0.717, 1.165) is 18.3 Å². The van der Waals surface area contributed by atoms with Gasteiger partial charge in [-0.1, -0.05) is 43.7 Å². The van der Waals surface area contributed by atoms with Gasteiger partial charge in [-0.05, 0) is 79.5 Å². The molecule has 0 bridgehead atoms. The summed E-state index contributed by atoms with van der Waals surface area (Å²) in [6, 6.07) is 9.12. The highest BCUT2D eigenvalue weighted by Gasteiger charge is 2.28. The second kappa shape index (κ2) is 6.20. The smallest absolute Gasteiger partial charge is 0.124 e. The number of benzene rings is 1. The summed E-state index contributed by atoms with van der Waals surface area (Å²) >= 11 is 1.98. The van der Waals surface area contributed by atoms with Gasteiger partial charge in [0.1, 0.15) is 4.83 Å². The van der Waals surface area contributed by atoms with Gasteiger partial charge in [0.25, 0.3) is 0 Å². The number of nitrogens with zero attached hydrogens (tertiary/aromatic N) is 1. The zero-order chi connectivity index (χ0) is 17.8. The zero-order valence-corrected chi connectivity index (χ0v) is 16.9. The molecule has 2 atom stereocenters. The molecule has 0 N–H and O–H groups in total. The molecule has 1 nitrogen and oxygen atoms in total. The lowest BCUT2D eigenvalue weighted by atomic mass is 9.80. The number of pyridine rings is 1. The Hall–Kier alpha value is -1.67. The van der Waals surface area contributed by atoms with Gasteiger partial charge in [-0.25, -0.2) is 4.98 Å². The lowest BCUT2D eigenvalue weighted by Crippen LogP contribution is -2.15. The standard InChI is InChI=1S/C24H27NS/c1-14-5-4-6-17(11-14)22-19-12-15(2)8-10-20(19)25-24-23(22)18-9-7-16(3)13-21(18)26-24/h4-6,11,15-16H,7-10,12-13H2,1-3H3. The summed E-state index contributed by atoms with van der Waals surface area (Å²) in [6.07, 6.45) is 7.39. The Morgan fingerprint density at radius 3 is 2.65 bits per heavy atom. The molecule has 0 amide bonds. The van der Waals surface area contributed by atoms with Crippen molar-refractivity contribution in [2.24, 2.45) is 11.8 Å². The molecule has 2 unspecified atom stereocenters. The van der Waals surface area contributed by atoms with Gasteiger partial charge in [0, 0.05) is 16.0 Å². The van der Waals surface area contributed by atoms with E-state index in [0.29, 0.717) is 0 Å². The van der Waals surface area contributed by atoms with Crippen LogP contribution in [0.1, 0.15) is 54.0 Å². The van der Waals surface area contributed by atoms with Crippen LogP contribution in [0.5, 0.6) is 0 Å². The lowest BCUT2D eigenvalue weighted by Gasteiger charge is -2.25. The number of fused-ring (bicyclic) bond motifs is 4. The van der Waals surface area contributed by atoms with E-state index in [1.165, 1.54) is 64.7 Å². The van der Waals surface area contributed by atoms with Crippen molar-refractivity contribution >= 4 is 21.6 Å². The van der Waals surface area contributed by atoms with Crippen molar-refractivity contribution in [1.29, 1.82) is 0 Å². The van der Waals surface area contributed by atoms with E-state index in [1.807, 2.05) is 11.3 Å². The normalized spacial score (nSPS) is 22.3. The molecule has 0 saturated heterocycles. The van der Waals surface area contributed by atoms with E-state index in [4.69, 9.17) is 4.98 Å². The van der Waals surface area contributed by atoms with Crippen LogP contribution in [0.3, 0.4) is 0 Å². The molecule has 2 heterocycles. The minimum Gasteiger partial charge on any atom is -0.242 e. The number of hydrogen-bond acceptors (Lipinski definition) is 2. The number of hydrogen-bond donors (Lipinski definition) is 0. The van der Waals surface area contributed by atoms with Crippen molar-refractivity contribution in [3.63, 3.8) is 0 Å². The lowest BCUT2D eigenvalue weighted by molar-refractivity contribution is 0.496. The minimum atomic E-state index is 0.764. The van der Waals surface area contributed by atoms with Crippen molar-refractivity contribution in [1.82, 2.24) is 4.98 Å². The Bertz CT molecular complexity index is 997. The summed E-state index contributed by atoms with van der Waals surface area (Å²) in [4.78, 5) is 8.11. The Morgan fingerprint density at radius 1 is 1.00 bits per heavy atom. The molecule has 0 radical (unpaired) electrons. The molecular weight excluding hydrogens is 334 g/mol. The maximum Gasteiger partial charge on any atom is 0.124 e. The van der Waals surface area contributed by atoms with Crippen LogP contribution in [0.2, 0.25) is 0 Å². The van der Waals surface area contributed by atoms with E-state index in [9.17, 15) is 0 Å². The molecule has 0 aliphatic heterocycles. The van der Waals surface area contributed by atoms with Crippen LogP contribution in [-0.4, -0.2) is 4.98 Å². The molecule has 0 fully saturated rings. The predicted octanol–water partition coefficient (Wildman–Crippen LogP) is 6.52. The summed E-state index contributed by atoms with van der Waals surface area (Å²) < 4.78 is 0. The third-order valence-corrected chi connectivity index (χ3v) is 7.51.